The maximum atomic E-state index is 13.2. The minimum absolute atomic E-state index is 0.0910. The monoisotopic (exact) mass is 462 g/mol. The normalized spacial score (nSPS) is 11.6. The molecule has 0 aliphatic heterocycles. The number of carbonyl (C=O) groups is 1. The number of halogens is 3. The molecule has 0 atom stereocenters. The minimum Gasteiger partial charge on any atom is -0.461 e. The van der Waals surface area contributed by atoms with Crippen molar-refractivity contribution in [3.05, 3.63) is 65.4 Å². The molecule has 164 valence electrons. The summed E-state index contributed by atoms with van der Waals surface area (Å²) in [6, 6.07) is 10.5. The lowest BCUT2D eigenvalue weighted by Crippen LogP contribution is -2.18. The molecule has 0 bridgehead atoms. The van der Waals surface area contributed by atoms with Gasteiger partial charge in [0.25, 0.3) is 0 Å². The van der Waals surface area contributed by atoms with Crippen LogP contribution in [0.4, 0.5) is 13.2 Å². The van der Waals surface area contributed by atoms with Crippen LogP contribution in [0.3, 0.4) is 0 Å². The van der Waals surface area contributed by atoms with Gasteiger partial charge in [0.1, 0.15) is 0 Å². The molecule has 0 fully saturated rings. The molecule has 3 rings (SSSR count). The highest BCUT2D eigenvalue weighted by Crippen LogP contribution is 2.32. The fourth-order valence-corrected chi connectivity index (χ4v) is 3.91. The third-order valence-electron chi connectivity index (χ3n) is 4.12. The molecule has 0 N–H and O–H groups in total. The first-order chi connectivity index (χ1) is 15.1. The van der Waals surface area contributed by atoms with E-state index < -0.39 is 44.1 Å². The van der Waals surface area contributed by atoms with Gasteiger partial charge < -0.3 is 4.74 Å². The van der Waals surface area contributed by atoms with Crippen LogP contribution >= 0.6 is 0 Å². The van der Waals surface area contributed by atoms with Crippen LogP contribution in [0.2, 0.25) is 0 Å². The average Bonchev–Trinajstić information content (AvgIpc) is 2.78. The molecule has 0 radical (unpaired) electrons. The van der Waals surface area contributed by atoms with E-state index in [1.807, 2.05) is 6.07 Å². The molecule has 0 saturated heterocycles. The highest BCUT2D eigenvalue weighted by atomic mass is 32.2. The van der Waals surface area contributed by atoms with Gasteiger partial charge in [0.2, 0.25) is 15.5 Å². The van der Waals surface area contributed by atoms with E-state index >= 15 is 0 Å². The summed E-state index contributed by atoms with van der Waals surface area (Å²) in [4.78, 5) is 15.8. The van der Waals surface area contributed by atoms with Crippen LogP contribution in [-0.2, 0) is 20.8 Å². The highest BCUT2D eigenvalue weighted by Gasteiger charge is 2.32. The van der Waals surface area contributed by atoms with Crippen molar-refractivity contribution in [2.24, 2.45) is 0 Å². The molecular weight excluding hydrogens is 449 g/mol. The largest absolute Gasteiger partial charge is 0.461 e. The van der Waals surface area contributed by atoms with Crippen LogP contribution in [0.5, 0.6) is 0 Å². The Hall–Kier alpha value is -3.85. The van der Waals surface area contributed by atoms with Crippen molar-refractivity contribution in [3.8, 4) is 17.5 Å². The number of nitrogens with zero attached hydrogens (tertiary/aromatic N) is 4. The van der Waals surface area contributed by atoms with Gasteiger partial charge in [0.15, 0.2) is 10.9 Å². The molecule has 0 unspecified atom stereocenters. The summed E-state index contributed by atoms with van der Waals surface area (Å²) in [7, 11) is -4.47. The van der Waals surface area contributed by atoms with Crippen molar-refractivity contribution in [1.29, 1.82) is 5.26 Å². The Morgan fingerprint density at radius 1 is 1.12 bits per heavy atom. The second-order valence-corrected chi connectivity index (χ2v) is 8.09. The summed E-state index contributed by atoms with van der Waals surface area (Å²) in [5.74, 6) is -1.55. The molecule has 0 aliphatic rings. The number of aromatic nitrogens is 3. The van der Waals surface area contributed by atoms with Gasteiger partial charge >= 0.3 is 12.1 Å². The number of hydrogen-bond acceptors (Lipinski definition) is 8. The third kappa shape index (κ3) is 4.57. The number of esters is 1. The van der Waals surface area contributed by atoms with E-state index in [-0.39, 0.29) is 22.6 Å². The van der Waals surface area contributed by atoms with Crippen molar-refractivity contribution in [1.82, 2.24) is 15.2 Å². The summed E-state index contributed by atoms with van der Waals surface area (Å²) < 4.78 is 70.3. The van der Waals surface area contributed by atoms with Crippen molar-refractivity contribution in [2.75, 3.05) is 6.61 Å². The second-order valence-electron chi connectivity index (χ2n) is 6.23. The molecule has 2 aromatic carbocycles. The first-order valence-electron chi connectivity index (χ1n) is 8.92. The summed E-state index contributed by atoms with van der Waals surface area (Å²) in [5, 5.41) is 15.3. The molecule has 3 aromatic rings. The van der Waals surface area contributed by atoms with Gasteiger partial charge in [-0.2, -0.15) is 18.4 Å². The molecule has 0 amide bonds. The topological polar surface area (TPSA) is 123 Å². The van der Waals surface area contributed by atoms with Gasteiger partial charge in [-0.15, -0.1) is 10.2 Å². The number of ether oxygens (including phenoxy) is 1. The first kappa shape index (κ1) is 22.8. The maximum absolute atomic E-state index is 13.2. The molecule has 0 aliphatic carbocycles. The van der Waals surface area contributed by atoms with Crippen LogP contribution in [0.1, 0.15) is 28.5 Å². The Morgan fingerprint density at radius 2 is 1.81 bits per heavy atom. The van der Waals surface area contributed by atoms with E-state index in [0.717, 1.165) is 30.3 Å². The van der Waals surface area contributed by atoms with E-state index in [0.29, 0.717) is 0 Å². The Kier molecular flexibility index (Phi) is 6.22. The highest BCUT2D eigenvalue weighted by molar-refractivity contribution is 7.91. The third-order valence-corrected chi connectivity index (χ3v) is 5.81. The lowest BCUT2D eigenvalue weighted by molar-refractivity contribution is -0.137. The SMILES string of the molecule is CCOC(=O)c1nnc(-c2cccc(C(F)(F)F)c2)nc1S(=O)(=O)c1ccc(C#N)cc1. The molecule has 0 spiro atoms. The van der Waals surface area contributed by atoms with Crippen molar-refractivity contribution in [2.45, 2.75) is 23.0 Å². The Balaban J connectivity index is 2.20. The smallest absolute Gasteiger partial charge is 0.416 e. The summed E-state index contributed by atoms with van der Waals surface area (Å²) >= 11 is 0. The number of nitriles is 1. The van der Waals surface area contributed by atoms with Crippen molar-refractivity contribution < 1.29 is 31.1 Å². The first-order valence-corrected chi connectivity index (χ1v) is 10.4. The number of alkyl halides is 3. The Bertz CT molecular complexity index is 1320. The van der Waals surface area contributed by atoms with E-state index in [1.165, 1.54) is 25.1 Å². The van der Waals surface area contributed by atoms with E-state index in [2.05, 4.69) is 15.2 Å². The average molecular weight is 462 g/mol. The van der Waals surface area contributed by atoms with Crippen LogP contribution in [-0.4, -0.2) is 36.2 Å². The van der Waals surface area contributed by atoms with Crippen molar-refractivity contribution >= 4 is 15.8 Å². The van der Waals surface area contributed by atoms with Crippen LogP contribution in [0, 0.1) is 11.3 Å². The van der Waals surface area contributed by atoms with Gasteiger partial charge in [-0.1, -0.05) is 12.1 Å². The minimum atomic E-state index is -4.65. The standard InChI is InChI=1S/C20H13F3N4O4S/c1-2-31-19(28)16-18(32(29,30)15-8-6-12(11-24)7-9-15)25-17(27-26-16)13-4-3-5-14(10-13)20(21,22)23/h3-10H,2H2,1H3. The molecular formula is C20H13F3N4O4S. The van der Waals surface area contributed by atoms with E-state index in [4.69, 9.17) is 10.00 Å². The van der Waals surface area contributed by atoms with Crippen LogP contribution in [0.15, 0.2) is 58.5 Å². The van der Waals surface area contributed by atoms with Gasteiger partial charge in [-0.25, -0.2) is 18.2 Å². The molecule has 0 saturated carbocycles. The zero-order chi connectivity index (χ0) is 23.5. The van der Waals surface area contributed by atoms with E-state index in [9.17, 15) is 26.4 Å². The van der Waals surface area contributed by atoms with Crippen molar-refractivity contribution in [3.63, 3.8) is 0 Å². The summed E-state index contributed by atoms with van der Waals surface area (Å²) in [6.07, 6.45) is -4.65. The number of carbonyl (C=O) groups excluding carboxylic acids is 1. The fourth-order valence-electron chi connectivity index (χ4n) is 2.60. The summed E-state index contributed by atoms with van der Waals surface area (Å²) in [5.41, 5.74) is -1.67. The number of rotatable bonds is 5. The number of benzene rings is 2. The second kappa shape index (κ2) is 8.72. The molecule has 1 heterocycles. The predicted molar refractivity (Wildman–Crippen MR) is 103 cm³/mol. The Labute approximate surface area is 180 Å². The fraction of sp³-hybridized carbons (Fsp3) is 0.150. The van der Waals surface area contributed by atoms with Gasteiger partial charge in [0.05, 0.1) is 28.7 Å². The number of hydrogen-bond donors (Lipinski definition) is 0. The Morgan fingerprint density at radius 3 is 2.41 bits per heavy atom. The van der Waals surface area contributed by atoms with E-state index in [1.54, 1.807) is 0 Å². The van der Waals surface area contributed by atoms with Gasteiger partial charge in [0, 0.05) is 5.56 Å². The molecule has 12 heteroatoms. The lowest BCUT2D eigenvalue weighted by atomic mass is 10.1. The molecule has 8 nitrogen and oxygen atoms in total. The zero-order valence-corrected chi connectivity index (χ0v) is 17.1. The van der Waals surface area contributed by atoms with Gasteiger partial charge in [-0.3, -0.25) is 0 Å². The predicted octanol–water partition coefficient (Wildman–Crippen LogP) is 3.44. The molecule has 32 heavy (non-hydrogen) atoms. The van der Waals surface area contributed by atoms with Gasteiger partial charge in [-0.05, 0) is 43.3 Å². The molecule has 1 aromatic heterocycles. The summed E-state index contributed by atoms with van der Waals surface area (Å²) in [6.45, 7) is 1.40. The zero-order valence-electron chi connectivity index (χ0n) is 16.3. The maximum Gasteiger partial charge on any atom is 0.416 e. The number of sulfone groups is 1. The lowest BCUT2D eigenvalue weighted by Gasteiger charge is -2.11. The van der Waals surface area contributed by atoms with Crippen LogP contribution in [0.25, 0.3) is 11.4 Å². The quantitative estimate of drug-likeness (QED) is 0.529. The van der Waals surface area contributed by atoms with Crippen LogP contribution < -0.4 is 0 Å².